The molecule has 3 rings (SSSR count). The number of hydrogen-bond donors (Lipinski definition) is 0. The van der Waals surface area contributed by atoms with Gasteiger partial charge in [0.05, 0.1) is 12.0 Å². The Labute approximate surface area is 129 Å². The van der Waals surface area contributed by atoms with E-state index in [1.165, 1.54) is 5.06 Å². The molecule has 1 fully saturated rings. The molecular formula is C18H16N2O2. The van der Waals surface area contributed by atoms with Crippen LogP contribution in [0.4, 0.5) is 0 Å². The van der Waals surface area contributed by atoms with Crippen LogP contribution in [0, 0.1) is 17.2 Å². The van der Waals surface area contributed by atoms with Gasteiger partial charge in [-0.05, 0) is 11.1 Å². The van der Waals surface area contributed by atoms with Crippen molar-refractivity contribution >= 4 is 5.91 Å². The number of amides is 1. The molecule has 2 aromatic rings. The Morgan fingerprint density at radius 2 is 1.73 bits per heavy atom. The highest BCUT2D eigenvalue weighted by molar-refractivity contribution is 5.79. The molecule has 0 saturated carbocycles. The molecule has 4 nitrogen and oxygen atoms in total. The van der Waals surface area contributed by atoms with Crippen LogP contribution in [-0.4, -0.2) is 11.0 Å². The van der Waals surface area contributed by atoms with E-state index in [2.05, 4.69) is 6.07 Å². The summed E-state index contributed by atoms with van der Waals surface area (Å²) >= 11 is 0. The lowest BCUT2D eigenvalue weighted by atomic mass is 9.95. The molecule has 2 unspecified atom stereocenters. The van der Waals surface area contributed by atoms with Crippen molar-refractivity contribution < 1.29 is 9.63 Å². The fraction of sp³-hybridized carbons (Fsp3) is 0.222. The van der Waals surface area contributed by atoms with E-state index >= 15 is 0 Å². The predicted molar refractivity (Wildman–Crippen MR) is 81.0 cm³/mol. The normalized spacial score (nSPS) is 20.9. The lowest BCUT2D eigenvalue weighted by Gasteiger charge is -2.25. The molecule has 4 heteroatoms. The Bertz CT molecular complexity index is 679. The van der Waals surface area contributed by atoms with Gasteiger partial charge in [-0.1, -0.05) is 60.7 Å². The summed E-state index contributed by atoms with van der Waals surface area (Å²) in [5, 5.41) is 10.7. The third-order valence-corrected chi connectivity index (χ3v) is 3.79. The molecule has 1 amide bonds. The largest absolute Gasteiger partial charge is 0.273 e. The smallest absolute Gasteiger partial charge is 0.248 e. The van der Waals surface area contributed by atoms with Crippen LogP contribution in [0.15, 0.2) is 60.7 Å². The second kappa shape index (κ2) is 6.42. The number of carbonyl (C=O) groups is 1. The van der Waals surface area contributed by atoms with Crippen LogP contribution in [0.3, 0.4) is 0 Å². The van der Waals surface area contributed by atoms with Crippen LogP contribution in [-0.2, 0) is 16.2 Å². The van der Waals surface area contributed by atoms with Crippen molar-refractivity contribution in [1.82, 2.24) is 5.06 Å². The van der Waals surface area contributed by atoms with Gasteiger partial charge in [0.2, 0.25) is 5.91 Å². The number of hydrogen-bond acceptors (Lipinski definition) is 3. The number of nitriles is 1. The highest BCUT2D eigenvalue weighted by Gasteiger charge is 2.42. The molecule has 0 aromatic heterocycles. The summed E-state index contributed by atoms with van der Waals surface area (Å²) in [5.41, 5.74) is 1.91. The first kappa shape index (κ1) is 14.3. The number of benzene rings is 2. The van der Waals surface area contributed by atoms with Gasteiger partial charge in [-0.2, -0.15) is 5.26 Å². The molecule has 0 bridgehead atoms. The van der Waals surface area contributed by atoms with E-state index in [1.807, 2.05) is 60.7 Å². The molecule has 22 heavy (non-hydrogen) atoms. The zero-order valence-electron chi connectivity index (χ0n) is 12.1. The molecule has 2 aromatic carbocycles. The van der Waals surface area contributed by atoms with Crippen LogP contribution in [0.1, 0.15) is 23.6 Å². The molecule has 0 aliphatic carbocycles. The predicted octanol–water partition coefficient (Wildman–Crippen LogP) is 3.23. The van der Waals surface area contributed by atoms with E-state index in [4.69, 9.17) is 4.84 Å². The third-order valence-electron chi connectivity index (χ3n) is 3.79. The van der Waals surface area contributed by atoms with Crippen molar-refractivity contribution in [2.75, 3.05) is 0 Å². The maximum Gasteiger partial charge on any atom is 0.248 e. The maximum absolute atomic E-state index is 12.2. The van der Waals surface area contributed by atoms with E-state index in [-0.39, 0.29) is 24.3 Å². The van der Waals surface area contributed by atoms with Gasteiger partial charge in [0.15, 0.2) is 0 Å². The van der Waals surface area contributed by atoms with Gasteiger partial charge in [0.1, 0.15) is 12.6 Å². The first-order valence-electron chi connectivity index (χ1n) is 7.23. The summed E-state index contributed by atoms with van der Waals surface area (Å²) in [6, 6.07) is 21.1. The minimum Gasteiger partial charge on any atom is -0.273 e. The Balaban J connectivity index is 1.81. The second-order valence-electron chi connectivity index (χ2n) is 5.27. The third kappa shape index (κ3) is 2.85. The monoisotopic (exact) mass is 292 g/mol. The number of carbonyl (C=O) groups excluding carboxylic acids is 1. The van der Waals surface area contributed by atoms with E-state index in [1.54, 1.807) is 0 Å². The molecule has 1 heterocycles. The van der Waals surface area contributed by atoms with Crippen molar-refractivity contribution in [2.45, 2.75) is 19.1 Å². The fourth-order valence-corrected chi connectivity index (χ4v) is 2.71. The molecule has 0 N–H and O–H groups in total. The average Bonchev–Trinajstić information content (AvgIpc) is 2.90. The van der Waals surface area contributed by atoms with E-state index in [0.29, 0.717) is 6.61 Å². The van der Waals surface area contributed by atoms with E-state index in [0.717, 1.165) is 11.1 Å². The van der Waals surface area contributed by atoms with E-state index in [9.17, 15) is 10.1 Å². The summed E-state index contributed by atoms with van der Waals surface area (Å²) in [5.74, 6) is -0.526. The van der Waals surface area contributed by atoms with Gasteiger partial charge >= 0.3 is 0 Å². The minimum absolute atomic E-state index is 0.142. The molecule has 1 aliphatic heterocycles. The maximum atomic E-state index is 12.2. The fourth-order valence-electron chi connectivity index (χ4n) is 2.71. The number of rotatable bonds is 4. The second-order valence-corrected chi connectivity index (χ2v) is 5.27. The van der Waals surface area contributed by atoms with Crippen LogP contribution in [0.5, 0.6) is 0 Å². The Morgan fingerprint density at radius 1 is 1.09 bits per heavy atom. The number of hydroxylamine groups is 2. The lowest BCUT2D eigenvalue weighted by Crippen LogP contribution is -2.29. The van der Waals surface area contributed by atoms with Gasteiger partial charge in [0, 0.05) is 6.42 Å². The summed E-state index contributed by atoms with van der Waals surface area (Å²) in [7, 11) is 0. The Hall–Kier alpha value is -2.64. The first-order valence-corrected chi connectivity index (χ1v) is 7.23. The van der Waals surface area contributed by atoms with Crippen LogP contribution in [0.2, 0.25) is 0 Å². The zero-order chi connectivity index (χ0) is 15.4. The van der Waals surface area contributed by atoms with Crippen molar-refractivity contribution in [3.63, 3.8) is 0 Å². The van der Waals surface area contributed by atoms with Crippen molar-refractivity contribution in [1.29, 1.82) is 5.26 Å². The molecular weight excluding hydrogens is 276 g/mol. The average molecular weight is 292 g/mol. The van der Waals surface area contributed by atoms with Gasteiger partial charge in [-0.15, -0.1) is 0 Å². The van der Waals surface area contributed by atoms with Gasteiger partial charge in [-0.25, -0.2) is 5.06 Å². The Kier molecular flexibility index (Phi) is 4.17. The molecule has 0 radical (unpaired) electrons. The zero-order valence-corrected chi connectivity index (χ0v) is 12.1. The summed E-state index contributed by atoms with van der Waals surface area (Å²) in [4.78, 5) is 17.9. The van der Waals surface area contributed by atoms with Crippen molar-refractivity contribution in [3.8, 4) is 6.07 Å². The Morgan fingerprint density at radius 3 is 2.36 bits per heavy atom. The van der Waals surface area contributed by atoms with Crippen LogP contribution >= 0.6 is 0 Å². The lowest BCUT2D eigenvalue weighted by molar-refractivity contribution is -0.197. The van der Waals surface area contributed by atoms with Crippen LogP contribution in [0.25, 0.3) is 0 Å². The SMILES string of the molecule is N#CC1CC(=O)N(OCc2ccccc2)C1c1ccccc1. The topological polar surface area (TPSA) is 53.3 Å². The van der Waals surface area contributed by atoms with Crippen molar-refractivity contribution in [3.05, 3.63) is 71.8 Å². The summed E-state index contributed by atoms with van der Waals surface area (Å²) in [6.45, 7) is 0.314. The number of nitrogens with zero attached hydrogens (tertiary/aromatic N) is 2. The highest BCUT2D eigenvalue weighted by Crippen LogP contribution is 2.38. The minimum atomic E-state index is -0.384. The van der Waals surface area contributed by atoms with Crippen molar-refractivity contribution in [2.24, 2.45) is 5.92 Å². The highest BCUT2D eigenvalue weighted by atomic mass is 16.7. The van der Waals surface area contributed by atoms with Crippen LogP contribution < -0.4 is 0 Å². The quantitative estimate of drug-likeness (QED) is 0.869. The molecule has 2 atom stereocenters. The van der Waals surface area contributed by atoms with Gasteiger partial charge < -0.3 is 0 Å². The first-order chi connectivity index (χ1) is 10.8. The summed E-state index contributed by atoms with van der Waals surface area (Å²) in [6.07, 6.45) is 0.199. The van der Waals surface area contributed by atoms with Gasteiger partial charge in [-0.3, -0.25) is 9.63 Å². The molecule has 1 saturated heterocycles. The molecule has 110 valence electrons. The van der Waals surface area contributed by atoms with E-state index < -0.39 is 0 Å². The van der Waals surface area contributed by atoms with Gasteiger partial charge in [0.25, 0.3) is 0 Å². The standard InChI is InChI=1S/C18H16N2O2/c19-12-16-11-17(21)20(18(16)15-9-5-2-6-10-15)22-13-14-7-3-1-4-8-14/h1-10,16,18H,11,13H2. The molecule has 0 spiro atoms. The summed E-state index contributed by atoms with van der Waals surface area (Å²) < 4.78 is 0. The molecule has 1 aliphatic rings.